The molecule has 2 N–H and O–H groups in total. The van der Waals surface area contributed by atoms with Gasteiger partial charge in [0.2, 0.25) is 0 Å². The average Bonchev–Trinajstić information content (AvgIpc) is 3.08. The minimum absolute atomic E-state index is 0. The van der Waals surface area contributed by atoms with Crippen LogP contribution in [-0.2, 0) is 64.9 Å². The van der Waals surface area contributed by atoms with Crippen LogP contribution < -0.4 is 158 Å². The maximum atomic E-state index is 14.0. The third kappa shape index (κ3) is 15.5. The Morgan fingerprint density at radius 1 is 0.635 bits per heavy atom. The monoisotopic (exact) mass is 1030 g/mol. The number of fused-ring (bicyclic) bond motifs is 2. The van der Waals surface area contributed by atoms with Gasteiger partial charge in [-0.15, -0.1) is 10.2 Å². The Hall–Kier alpha value is -0.0500. The summed E-state index contributed by atoms with van der Waals surface area (Å²) in [5, 5.41) is 20.0. The first-order valence-corrected chi connectivity index (χ1v) is 23.5. The molecule has 34 heteroatoms. The fourth-order valence-corrected chi connectivity index (χ4v) is 9.53. The van der Waals surface area contributed by atoms with Crippen LogP contribution in [0, 0.1) is 0 Å². The van der Waals surface area contributed by atoms with Crippen molar-refractivity contribution in [3.05, 3.63) is 78.4 Å². The molecule has 63 heavy (non-hydrogen) atoms. The number of nitrogens with zero attached hydrogens (tertiary/aromatic N) is 2. The molecule has 5 aromatic rings. The second-order valence-electron chi connectivity index (χ2n) is 11.5. The molecule has 0 unspecified atom stereocenters. The molecule has 0 spiro atoms. The van der Waals surface area contributed by atoms with Gasteiger partial charge in [-0.1, -0.05) is 30.0 Å². The van der Waals surface area contributed by atoms with Gasteiger partial charge in [0.15, 0.2) is 9.84 Å². The van der Waals surface area contributed by atoms with Crippen LogP contribution in [0.2, 0.25) is 0 Å². The molecule has 1 amide bonds. The number of benzene rings is 5. The Bertz CT molecular complexity index is 3320. The molecular weight excluding hydrogens is 1020 g/mol. The molecule has 0 radical (unpaired) electrons. The van der Waals surface area contributed by atoms with Crippen molar-refractivity contribution in [1.82, 2.24) is 0 Å². The summed E-state index contributed by atoms with van der Waals surface area (Å²) in [6, 6.07) is 8.98. The van der Waals surface area contributed by atoms with Gasteiger partial charge in [0.05, 0.1) is 42.5 Å². The maximum Gasteiger partial charge on any atom is 1.00 e. The van der Waals surface area contributed by atoms with Crippen LogP contribution in [0.25, 0.3) is 21.5 Å². The van der Waals surface area contributed by atoms with Crippen molar-refractivity contribution in [1.29, 1.82) is 0 Å². The third-order valence-electron chi connectivity index (χ3n) is 7.68. The molecule has 310 valence electrons. The van der Waals surface area contributed by atoms with Gasteiger partial charge >= 0.3 is 158 Å². The fraction of sp³-hybridized carbons (Fsp3) is 0.0690. The van der Waals surface area contributed by atoms with Gasteiger partial charge in [-0.2, -0.15) is 8.42 Å². The molecule has 0 atom stereocenters. The molecule has 0 aromatic heterocycles. The van der Waals surface area contributed by atoms with Gasteiger partial charge < -0.3 is 28.6 Å². The number of amides is 1. The number of carbonyl (C=O) groups excluding carboxylic acids is 1. The van der Waals surface area contributed by atoms with Crippen molar-refractivity contribution in [3.63, 3.8) is 0 Å². The normalized spacial score (nSPS) is 12.3. The Morgan fingerprint density at radius 2 is 1.22 bits per heavy atom. The van der Waals surface area contributed by atoms with Crippen molar-refractivity contribution in [2.75, 3.05) is 17.7 Å². The van der Waals surface area contributed by atoms with E-state index in [4.69, 9.17) is 4.55 Å². The van der Waals surface area contributed by atoms with E-state index in [1.54, 1.807) is 0 Å². The molecule has 0 saturated carbocycles. The van der Waals surface area contributed by atoms with E-state index in [9.17, 15) is 78.6 Å². The van der Waals surface area contributed by atoms with E-state index in [2.05, 4.69) is 19.7 Å². The van der Waals surface area contributed by atoms with Crippen LogP contribution in [0.15, 0.2) is 108 Å². The Labute approximate surface area is 469 Å². The summed E-state index contributed by atoms with van der Waals surface area (Å²) in [7, 11) is -31.7. The summed E-state index contributed by atoms with van der Waals surface area (Å²) < 4.78 is 205. The molecule has 23 nitrogen and oxygen atoms in total. The fourth-order valence-electron chi connectivity index (χ4n) is 5.32. The number of azo groups is 1. The number of anilines is 1. The van der Waals surface area contributed by atoms with Crippen LogP contribution in [0.1, 0.15) is 10.4 Å². The van der Waals surface area contributed by atoms with Crippen LogP contribution in [-0.4, -0.2) is 91.5 Å². The molecule has 5 aromatic carbocycles. The van der Waals surface area contributed by atoms with Gasteiger partial charge in [-0.05, 0) is 59.3 Å². The summed E-state index contributed by atoms with van der Waals surface area (Å²) in [6.07, 6.45) is 0. The quantitative estimate of drug-likeness (QED) is 0.0628. The molecule has 0 bridgehead atoms. The maximum absolute atomic E-state index is 14.0. The van der Waals surface area contributed by atoms with Crippen molar-refractivity contribution in [2.45, 2.75) is 24.5 Å². The Kier molecular flexibility index (Phi) is 23.5. The number of hydrogen-bond acceptors (Lipinski definition) is 21. The average molecular weight is 1040 g/mol. The first-order valence-electron chi connectivity index (χ1n) is 14.9. The number of nitrogens with one attached hydrogen (secondary N) is 1. The van der Waals surface area contributed by atoms with E-state index in [0.717, 1.165) is 48.5 Å². The van der Waals surface area contributed by atoms with Gasteiger partial charge in [0.25, 0.3) is 5.91 Å². The number of rotatable bonds is 13. The van der Waals surface area contributed by atoms with Crippen LogP contribution in [0.5, 0.6) is 5.75 Å². The van der Waals surface area contributed by atoms with Gasteiger partial charge in [0, 0.05) is 22.0 Å². The van der Waals surface area contributed by atoms with Crippen molar-refractivity contribution in [2.24, 2.45) is 10.2 Å². The second kappa shape index (κ2) is 23.5. The van der Waals surface area contributed by atoms with Crippen molar-refractivity contribution in [3.8, 4) is 5.75 Å². The second-order valence-corrected chi connectivity index (χ2v) is 20.0. The topological polar surface area (TPSA) is 403 Å². The minimum atomic E-state index is -5.82. The van der Waals surface area contributed by atoms with Gasteiger partial charge in [-0.3, -0.25) is 9.35 Å². The standard InChI is InChI=1S/C29H23N3O20S6.5Na/c33-27-25-16(12-18(54(37,38)39)14-22(25)30-29(34)15-3-1-4-17(11-15)53(35,36)10-9-52-58(49,50)51)13-24(56(43,44)45)26(27)32-31-21-8-7-19-20(28(21)57(46,47)48)5-2-6-23(19)55(40,41)42;;;;;/h1-8,11-14,33H,9-10H2,(H,30,34)(H,37,38,39)(H,40,41,42)(H,43,44,45)(H,46,47,48)(H,49,50,51);;;;;/q;5*+1/p-5. The van der Waals surface area contributed by atoms with Crippen LogP contribution in [0.4, 0.5) is 17.1 Å². The summed E-state index contributed by atoms with van der Waals surface area (Å²) in [4.78, 5) is 7.77. The first-order chi connectivity index (χ1) is 26.5. The van der Waals surface area contributed by atoms with Crippen molar-refractivity contribution < 1.29 is 235 Å². The summed E-state index contributed by atoms with van der Waals surface area (Å²) >= 11 is 0. The van der Waals surface area contributed by atoms with E-state index < -0.39 is 153 Å². The zero-order valence-electron chi connectivity index (χ0n) is 32.9. The van der Waals surface area contributed by atoms with E-state index in [0.29, 0.717) is 24.3 Å². The zero-order valence-corrected chi connectivity index (χ0v) is 47.8. The van der Waals surface area contributed by atoms with E-state index >= 15 is 0 Å². The molecule has 0 saturated heterocycles. The van der Waals surface area contributed by atoms with Gasteiger partial charge in [-0.25, -0.2) is 46.3 Å². The molecule has 0 aliphatic carbocycles. The summed E-state index contributed by atoms with van der Waals surface area (Å²) in [6.45, 7) is -1.05. The smallest absolute Gasteiger partial charge is 0.870 e. The molecule has 0 aliphatic heterocycles. The van der Waals surface area contributed by atoms with Crippen LogP contribution in [0.3, 0.4) is 0 Å². The number of hydrogen-bond donors (Lipinski definition) is 2. The van der Waals surface area contributed by atoms with Crippen LogP contribution >= 0.6 is 0 Å². The predicted octanol–water partition coefficient (Wildman–Crippen LogP) is -14.0. The Morgan fingerprint density at radius 3 is 1.76 bits per heavy atom. The summed E-state index contributed by atoms with van der Waals surface area (Å²) in [5.74, 6) is -4.00. The van der Waals surface area contributed by atoms with E-state index in [1.165, 1.54) is 0 Å². The number of sulfone groups is 1. The van der Waals surface area contributed by atoms with Gasteiger partial charge in [0.1, 0.15) is 46.2 Å². The molecular formula is C29H18N3Na5O20S6. The van der Waals surface area contributed by atoms with E-state index in [1.807, 2.05) is 0 Å². The molecule has 0 heterocycles. The minimum Gasteiger partial charge on any atom is -0.870 e. The van der Waals surface area contributed by atoms with Crippen molar-refractivity contribution >= 4 is 105 Å². The predicted molar refractivity (Wildman–Crippen MR) is 187 cm³/mol. The number of carbonyl (C=O) groups is 1. The Balaban J connectivity index is 0.00000769. The zero-order chi connectivity index (χ0) is 43.4. The van der Waals surface area contributed by atoms with E-state index in [-0.39, 0.29) is 148 Å². The summed E-state index contributed by atoms with van der Waals surface area (Å²) in [5.41, 5.74) is -3.83. The largest absolute Gasteiger partial charge is 1.00 e. The molecule has 0 fully saturated rings. The molecule has 0 aliphatic rings. The molecule has 5 rings (SSSR count). The first kappa shape index (κ1) is 63.0. The third-order valence-corrected chi connectivity index (χ3v) is 13.3. The SMILES string of the molecule is O=C(Nc1cc(S(=O)(=O)[O-])cc2cc(S(=O)(=O)[O-])c(N=Nc3ccc4c(S(=O)(=O)[O-])cccc4c3S(=O)(=O)[O-])c([O-])c12)c1cccc(S(=O)(=O)CCOS(=O)(=O)O)c1.[Na+].[Na+].[Na+].[Na+].[Na+].